The number of aromatic nitrogens is 1. The first-order valence-electron chi connectivity index (χ1n) is 12.1. The maximum Gasteiger partial charge on any atom is 0.255 e. The highest BCUT2D eigenvalue weighted by Crippen LogP contribution is 2.34. The summed E-state index contributed by atoms with van der Waals surface area (Å²) in [6, 6.07) is 22.0. The number of fused-ring (bicyclic) bond motifs is 1. The van der Waals surface area contributed by atoms with Crippen LogP contribution in [0.25, 0.3) is 10.8 Å². The van der Waals surface area contributed by atoms with Crippen LogP contribution in [0.2, 0.25) is 15.1 Å². The van der Waals surface area contributed by atoms with Crippen molar-refractivity contribution in [3.8, 4) is 5.75 Å². The Morgan fingerprint density at radius 1 is 0.833 bits per heavy atom. The van der Waals surface area contributed by atoms with Crippen LogP contribution in [-0.2, 0) is 13.1 Å². The van der Waals surface area contributed by atoms with Crippen molar-refractivity contribution in [3.05, 3.63) is 109 Å². The van der Waals surface area contributed by atoms with Crippen LogP contribution in [0.3, 0.4) is 0 Å². The van der Waals surface area contributed by atoms with Gasteiger partial charge in [-0.05, 0) is 84.7 Å². The molecule has 7 heteroatoms. The molecule has 0 radical (unpaired) electrons. The number of H-pyrrole nitrogens is 1. The number of halogens is 3. The summed E-state index contributed by atoms with van der Waals surface area (Å²) >= 11 is 19.0. The first-order valence-corrected chi connectivity index (χ1v) is 13.3. The third kappa shape index (κ3) is 6.07. The van der Waals surface area contributed by atoms with Crippen LogP contribution < -0.4 is 10.3 Å². The van der Waals surface area contributed by atoms with E-state index in [1.165, 1.54) is 11.1 Å². The van der Waals surface area contributed by atoms with E-state index < -0.39 is 0 Å². The van der Waals surface area contributed by atoms with Gasteiger partial charge in [-0.3, -0.25) is 9.69 Å². The summed E-state index contributed by atoms with van der Waals surface area (Å²) in [6.07, 6.45) is 5.60. The highest BCUT2D eigenvalue weighted by atomic mass is 35.5. The molecule has 0 bridgehead atoms. The minimum absolute atomic E-state index is 0.0809. The fourth-order valence-corrected chi connectivity index (χ4v) is 5.67. The Morgan fingerprint density at radius 3 is 2.08 bits per heavy atom. The van der Waals surface area contributed by atoms with Gasteiger partial charge in [-0.25, -0.2) is 0 Å². The number of nitrogens with one attached hydrogen (secondary N) is 1. The standard InChI is InChI=1S/C29H27Cl3N2O2/c30-22-5-1-3-19(13-22)17-34(18-20-4-2-6-23(31)14-20)24-7-9-25(10-8-24)36-28-15-21-11-12-33-29(35)26(21)16-27(28)32/h1-6,11-16,24-25H,7-10,17-18H2,(H,33,35). The van der Waals surface area contributed by atoms with Crippen LogP contribution in [0.4, 0.5) is 0 Å². The topological polar surface area (TPSA) is 45.3 Å². The molecule has 5 rings (SSSR count). The highest BCUT2D eigenvalue weighted by molar-refractivity contribution is 6.33. The molecule has 1 aliphatic carbocycles. The number of benzene rings is 3. The molecule has 1 fully saturated rings. The predicted octanol–water partition coefficient (Wildman–Crippen LogP) is 7.88. The molecule has 0 unspecified atom stereocenters. The van der Waals surface area contributed by atoms with Crippen molar-refractivity contribution in [3.63, 3.8) is 0 Å². The zero-order chi connectivity index (χ0) is 25.1. The lowest BCUT2D eigenvalue weighted by Gasteiger charge is -2.37. The molecule has 36 heavy (non-hydrogen) atoms. The number of ether oxygens (including phenoxy) is 1. The Hall–Kier alpha value is -2.50. The summed E-state index contributed by atoms with van der Waals surface area (Å²) in [5.41, 5.74) is 2.24. The highest BCUT2D eigenvalue weighted by Gasteiger charge is 2.28. The molecule has 0 atom stereocenters. The number of nitrogens with zero attached hydrogens (tertiary/aromatic N) is 1. The van der Waals surface area contributed by atoms with Gasteiger partial charge >= 0.3 is 0 Å². The van der Waals surface area contributed by atoms with Gasteiger partial charge in [0.25, 0.3) is 5.56 Å². The molecule has 0 spiro atoms. The minimum atomic E-state index is -0.152. The Labute approximate surface area is 225 Å². The van der Waals surface area contributed by atoms with Gasteiger partial charge < -0.3 is 9.72 Å². The maximum absolute atomic E-state index is 12.1. The molecule has 0 saturated heterocycles. The SMILES string of the molecule is O=c1[nH]ccc2cc(OC3CCC(N(Cc4cccc(Cl)c4)Cc4cccc(Cl)c4)CC3)c(Cl)cc12. The molecule has 0 aliphatic heterocycles. The lowest BCUT2D eigenvalue weighted by molar-refractivity contribution is 0.0795. The molecule has 1 aromatic heterocycles. The summed E-state index contributed by atoms with van der Waals surface area (Å²) in [4.78, 5) is 17.3. The van der Waals surface area contributed by atoms with E-state index in [9.17, 15) is 4.79 Å². The Morgan fingerprint density at radius 2 is 1.47 bits per heavy atom. The van der Waals surface area contributed by atoms with E-state index in [1.54, 1.807) is 12.3 Å². The van der Waals surface area contributed by atoms with Gasteiger partial charge in [-0.1, -0.05) is 59.1 Å². The second-order valence-corrected chi connectivity index (χ2v) is 10.7. The average Bonchev–Trinajstić information content (AvgIpc) is 2.85. The first kappa shape index (κ1) is 25.2. The monoisotopic (exact) mass is 540 g/mol. The largest absolute Gasteiger partial charge is 0.489 e. The van der Waals surface area contributed by atoms with Crippen LogP contribution in [0.15, 0.2) is 77.7 Å². The van der Waals surface area contributed by atoms with Crippen LogP contribution in [0, 0.1) is 0 Å². The number of rotatable bonds is 7. The first-order chi connectivity index (χ1) is 17.4. The Kier molecular flexibility index (Phi) is 7.87. The van der Waals surface area contributed by atoms with Crippen molar-refractivity contribution in [1.29, 1.82) is 0 Å². The van der Waals surface area contributed by atoms with E-state index in [4.69, 9.17) is 39.5 Å². The van der Waals surface area contributed by atoms with Crippen LogP contribution >= 0.6 is 34.8 Å². The van der Waals surface area contributed by atoms with Gasteiger partial charge in [0.15, 0.2) is 0 Å². The van der Waals surface area contributed by atoms with E-state index in [-0.39, 0.29) is 11.7 Å². The quantitative estimate of drug-likeness (QED) is 0.259. The molecule has 186 valence electrons. The fourth-order valence-electron chi connectivity index (χ4n) is 5.04. The van der Waals surface area contributed by atoms with E-state index in [2.05, 4.69) is 22.0 Å². The van der Waals surface area contributed by atoms with Crippen molar-refractivity contribution in [1.82, 2.24) is 9.88 Å². The fraction of sp³-hybridized carbons (Fsp3) is 0.276. The molecule has 1 saturated carbocycles. The van der Waals surface area contributed by atoms with Crippen LogP contribution in [0.1, 0.15) is 36.8 Å². The maximum atomic E-state index is 12.1. The summed E-state index contributed by atoms with van der Waals surface area (Å²) < 4.78 is 6.33. The second-order valence-electron chi connectivity index (χ2n) is 9.39. The molecule has 1 heterocycles. The molecular formula is C29H27Cl3N2O2. The van der Waals surface area contributed by atoms with Crippen molar-refractivity contribution in [2.45, 2.75) is 50.9 Å². The molecule has 1 aliphatic rings. The normalized spacial score (nSPS) is 18.0. The predicted molar refractivity (Wildman–Crippen MR) is 148 cm³/mol. The summed E-state index contributed by atoms with van der Waals surface area (Å²) in [5, 5.41) is 3.35. The van der Waals surface area contributed by atoms with Crippen LogP contribution in [-0.4, -0.2) is 22.0 Å². The lowest BCUT2D eigenvalue weighted by Crippen LogP contribution is -2.39. The average molecular weight is 542 g/mol. The molecule has 3 aromatic carbocycles. The van der Waals surface area contributed by atoms with Crippen molar-refractivity contribution in [2.75, 3.05) is 0 Å². The Balaban J connectivity index is 1.29. The molecule has 4 nitrogen and oxygen atoms in total. The zero-order valence-corrected chi connectivity index (χ0v) is 22.0. The minimum Gasteiger partial charge on any atom is -0.489 e. The zero-order valence-electron chi connectivity index (χ0n) is 19.7. The number of hydrogen-bond acceptors (Lipinski definition) is 3. The van der Waals surface area contributed by atoms with E-state index >= 15 is 0 Å². The van der Waals surface area contributed by atoms with Gasteiger partial charge in [0.2, 0.25) is 0 Å². The van der Waals surface area contributed by atoms with Gasteiger partial charge in [0.1, 0.15) is 5.75 Å². The molecule has 1 N–H and O–H groups in total. The van der Waals surface area contributed by atoms with Gasteiger partial charge in [0.05, 0.1) is 11.1 Å². The van der Waals surface area contributed by atoms with Crippen molar-refractivity contribution >= 4 is 45.6 Å². The smallest absolute Gasteiger partial charge is 0.255 e. The van der Waals surface area contributed by atoms with E-state index in [0.717, 1.165) is 54.2 Å². The van der Waals surface area contributed by atoms with Crippen molar-refractivity contribution < 1.29 is 4.74 Å². The van der Waals surface area contributed by atoms with E-state index in [1.807, 2.05) is 48.5 Å². The number of pyridine rings is 1. The third-order valence-corrected chi connectivity index (χ3v) is 7.59. The molecule has 0 amide bonds. The Bertz CT molecular complexity index is 1370. The lowest BCUT2D eigenvalue weighted by atomic mass is 9.91. The summed E-state index contributed by atoms with van der Waals surface area (Å²) in [5.74, 6) is 0.632. The molecule has 4 aromatic rings. The molecular weight excluding hydrogens is 515 g/mol. The second kappa shape index (κ2) is 11.3. The van der Waals surface area contributed by atoms with Gasteiger partial charge in [-0.2, -0.15) is 0 Å². The third-order valence-electron chi connectivity index (χ3n) is 6.83. The van der Waals surface area contributed by atoms with Gasteiger partial charge in [-0.15, -0.1) is 0 Å². The van der Waals surface area contributed by atoms with E-state index in [0.29, 0.717) is 22.2 Å². The van der Waals surface area contributed by atoms with Gasteiger partial charge in [0, 0.05) is 40.8 Å². The number of hydrogen-bond donors (Lipinski definition) is 1. The van der Waals surface area contributed by atoms with Crippen molar-refractivity contribution in [2.24, 2.45) is 0 Å². The summed E-state index contributed by atoms with van der Waals surface area (Å²) in [6.45, 7) is 1.63. The summed E-state index contributed by atoms with van der Waals surface area (Å²) in [7, 11) is 0. The number of aromatic amines is 1. The van der Waals surface area contributed by atoms with Crippen LogP contribution in [0.5, 0.6) is 5.75 Å².